The Balaban J connectivity index is 1.37. The largest absolute Gasteiger partial charge is 0.439 e. The second-order valence-electron chi connectivity index (χ2n) is 6.47. The molecule has 3 heterocycles. The van der Waals surface area contributed by atoms with Gasteiger partial charge in [0.05, 0.1) is 12.6 Å². The topological polar surface area (TPSA) is 68.2 Å². The minimum Gasteiger partial charge on any atom is -0.439 e. The minimum absolute atomic E-state index is 0.210. The van der Waals surface area contributed by atoms with Crippen LogP contribution in [0.3, 0.4) is 0 Å². The van der Waals surface area contributed by atoms with Gasteiger partial charge in [0.25, 0.3) is 0 Å². The molecule has 3 aromatic rings. The van der Waals surface area contributed by atoms with Crippen LogP contribution in [0.1, 0.15) is 55.2 Å². The number of benzene rings is 1. The van der Waals surface area contributed by atoms with E-state index in [1.54, 1.807) is 0 Å². The van der Waals surface area contributed by atoms with Crippen LogP contribution in [0.25, 0.3) is 11.1 Å². The summed E-state index contributed by atoms with van der Waals surface area (Å²) in [6, 6.07) is 8.08. The fraction of sp³-hybridized carbons (Fsp3) is 0.471. The quantitative estimate of drug-likeness (QED) is 0.735. The van der Waals surface area contributed by atoms with Gasteiger partial charge in [-0.15, -0.1) is 0 Å². The van der Waals surface area contributed by atoms with Gasteiger partial charge in [-0.3, -0.25) is 4.90 Å². The standard InChI is InChI=1S/C17H18N4O2/c1-2-6-14-12(4-1)18-15(22-14)10-21-9-3-5-13(21)16-19-17(23-20-16)11-7-8-11/h1-2,4,6,11,13H,3,5,7-10H2. The molecule has 1 aliphatic carbocycles. The summed E-state index contributed by atoms with van der Waals surface area (Å²) in [7, 11) is 0. The van der Waals surface area contributed by atoms with Crippen molar-refractivity contribution < 1.29 is 8.94 Å². The van der Waals surface area contributed by atoms with Crippen molar-refractivity contribution >= 4 is 11.1 Å². The highest BCUT2D eigenvalue weighted by Crippen LogP contribution is 2.40. The average molecular weight is 310 g/mol. The van der Waals surface area contributed by atoms with E-state index in [0.29, 0.717) is 12.5 Å². The molecule has 1 unspecified atom stereocenters. The molecular formula is C17H18N4O2. The fourth-order valence-electron chi connectivity index (χ4n) is 3.35. The molecule has 0 amide bonds. The molecule has 6 nitrogen and oxygen atoms in total. The molecule has 0 N–H and O–H groups in total. The van der Waals surface area contributed by atoms with E-state index in [1.165, 1.54) is 12.8 Å². The molecule has 23 heavy (non-hydrogen) atoms. The Kier molecular flexibility index (Phi) is 2.97. The zero-order valence-corrected chi connectivity index (χ0v) is 12.8. The normalized spacial score (nSPS) is 22.2. The molecule has 1 aliphatic heterocycles. The second kappa shape index (κ2) is 5.16. The van der Waals surface area contributed by atoms with Crippen LogP contribution in [0, 0.1) is 0 Å². The molecule has 5 rings (SSSR count). The van der Waals surface area contributed by atoms with Crippen LogP contribution in [0.15, 0.2) is 33.2 Å². The molecule has 0 bridgehead atoms. The van der Waals surface area contributed by atoms with Gasteiger partial charge in [-0.25, -0.2) is 4.98 Å². The number of rotatable bonds is 4. The summed E-state index contributed by atoms with van der Waals surface area (Å²) >= 11 is 0. The summed E-state index contributed by atoms with van der Waals surface area (Å²) in [5, 5.41) is 4.22. The van der Waals surface area contributed by atoms with Crippen LogP contribution >= 0.6 is 0 Å². The third kappa shape index (κ3) is 2.43. The SMILES string of the molecule is c1ccc2oc(CN3CCCC3c3noc(C4CC4)n3)nc2c1. The van der Waals surface area contributed by atoms with Gasteiger partial charge < -0.3 is 8.94 Å². The molecule has 1 aromatic carbocycles. The zero-order chi connectivity index (χ0) is 15.2. The first-order chi connectivity index (χ1) is 11.4. The van der Waals surface area contributed by atoms with E-state index in [-0.39, 0.29) is 6.04 Å². The number of likely N-dealkylation sites (tertiary alicyclic amines) is 1. The molecule has 1 saturated heterocycles. The van der Waals surface area contributed by atoms with Crippen LogP contribution < -0.4 is 0 Å². The molecule has 1 saturated carbocycles. The lowest BCUT2D eigenvalue weighted by Crippen LogP contribution is -2.23. The Bertz CT molecular complexity index is 803. The van der Waals surface area contributed by atoms with E-state index in [1.807, 2.05) is 24.3 Å². The number of fused-ring (bicyclic) bond motifs is 1. The highest BCUT2D eigenvalue weighted by atomic mass is 16.5. The Labute approximate surface area is 133 Å². The number of aromatic nitrogens is 3. The number of hydrogen-bond acceptors (Lipinski definition) is 6. The lowest BCUT2D eigenvalue weighted by Gasteiger charge is -2.19. The van der Waals surface area contributed by atoms with Gasteiger partial charge in [0.1, 0.15) is 5.52 Å². The Morgan fingerprint density at radius 2 is 2.04 bits per heavy atom. The predicted octanol–water partition coefficient (Wildman–Crippen LogP) is 3.43. The van der Waals surface area contributed by atoms with E-state index in [2.05, 4.69) is 20.0 Å². The summed E-state index contributed by atoms with van der Waals surface area (Å²) in [5.74, 6) is 2.89. The van der Waals surface area contributed by atoms with E-state index >= 15 is 0 Å². The summed E-state index contributed by atoms with van der Waals surface area (Å²) in [6.07, 6.45) is 4.56. The maximum Gasteiger partial charge on any atom is 0.229 e. The van der Waals surface area contributed by atoms with Crippen molar-refractivity contribution in [1.82, 2.24) is 20.0 Å². The molecule has 1 atom stereocenters. The molecule has 2 aliphatic rings. The molecule has 6 heteroatoms. The maximum absolute atomic E-state index is 5.85. The number of para-hydroxylation sites is 2. The Morgan fingerprint density at radius 1 is 1.13 bits per heavy atom. The van der Waals surface area contributed by atoms with Gasteiger partial charge in [-0.1, -0.05) is 17.3 Å². The third-order valence-electron chi connectivity index (χ3n) is 4.72. The minimum atomic E-state index is 0.210. The van der Waals surface area contributed by atoms with E-state index < -0.39 is 0 Å². The van der Waals surface area contributed by atoms with Gasteiger partial charge in [-0.05, 0) is 44.4 Å². The molecule has 118 valence electrons. The van der Waals surface area contributed by atoms with Crippen LogP contribution in [-0.4, -0.2) is 26.6 Å². The molecule has 0 spiro atoms. The van der Waals surface area contributed by atoms with Gasteiger partial charge in [0, 0.05) is 5.92 Å². The van der Waals surface area contributed by atoms with E-state index in [0.717, 1.165) is 48.1 Å². The Hall–Kier alpha value is -2.21. The fourth-order valence-corrected chi connectivity index (χ4v) is 3.35. The predicted molar refractivity (Wildman–Crippen MR) is 82.7 cm³/mol. The smallest absolute Gasteiger partial charge is 0.229 e. The van der Waals surface area contributed by atoms with Crippen LogP contribution in [0.4, 0.5) is 0 Å². The Morgan fingerprint density at radius 3 is 2.91 bits per heavy atom. The number of hydrogen-bond donors (Lipinski definition) is 0. The number of oxazole rings is 1. The van der Waals surface area contributed by atoms with Crippen molar-refractivity contribution in [2.75, 3.05) is 6.54 Å². The molecule has 0 radical (unpaired) electrons. The maximum atomic E-state index is 5.85. The lowest BCUT2D eigenvalue weighted by atomic mass is 10.2. The van der Waals surface area contributed by atoms with Crippen molar-refractivity contribution in [2.24, 2.45) is 0 Å². The average Bonchev–Trinajstić information content (AvgIpc) is 3.00. The first-order valence-electron chi connectivity index (χ1n) is 8.29. The number of nitrogens with zero attached hydrogens (tertiary/aromatic N) is 4. The molecular weight excluding hydrogens is 292 g/mol. The van der Waals surface area contributed by atoms with Crippen molar-refractivity contribution in [3.63, 3.8) is 0 Å². The summed E-state index contributed by atoms with van der Waals surface area (Å²) in [4.78, 5) is 11.5. The summed E-state index contributed by atoms with van der Waals surface area (Å²) < 4.78 is 11.3. The van der Waals surface area contributed by atoms with Gasteiger partial charge in [-0.2, -0.15) is 4.98 Å². The first-order valence-corrected chi connectivity index (χ1v) is 8.29. The van der Waals surface area contributed by atoms with Crippen LogP contribution in [0.5, 0.6) is 0 Å². The summed E-state index contributed by atoms with van der Waals surface area (Å²) in [6.45, 7) is 1.70. The van der Waals surface area contributed by atoms with Crippen molar-refractivity contribution in [3.8, 4) is 0 Å². The van der Waals surface area contributed by atoms with Gasteiger partial charge in [0.2, 0.25) is 11.8 Å². The molecule has 2 aromatic heterocycles. The van der Waals surface area contributed by atoms with Crippen molar-refractivity contribution in [1.29, 1.82) is 0 Å². The van der Waals surface area contributed by atoms with Crippen LogP contribution in [-0.2, 0) is 6.54 Å². The van der Waals surface area contributed by atoms with E-state index in [4.69, 9.17) is 8.94 Å². The third-order valence-corrected chi connectivity index (χ3v) is 4.72. The zero-order valence-electron chi connectivity index (χ0n) is 12.8. The van der Waals surface area contributed by atoms with E-state index in [9.17, 15) is 0 Å². The lowest BCUT2D eigenvalue weighted by molar-refractivity contribution is 0.214. The highest BCUT2D eigenvalue weighted by molar-refractivity contribution is 5.72. The molecule has 2 fully saturated rings. The van der Waals surface area contributed by atoms with Crippen LogP contribution in [0.2, 0.25) is 0 Å². The monoisotopic (exact) mass is 310 g/mol. The first kappa shape index (κ1) is 13.2. The summed E-state index contributed by atoms with van der Waals surface area (Å²) in [5.41, 5.74) is 1.75. The second-order valence-corrected chi connectivity index (χ2v) is 6.47. The van der Waals surface area contributed by atoms with Gasteiger partial charge >= 0.3 is 0 Å². The van der Waals surface area contributed by atoms with Gasteiger partial charge in [0.15, 0.2) is 11.4 Å². The highest BCUT2D eigenvalue weighted by Gasteiger charge is 2.34. The van der Waals surface area contributed by atoms with Crippen molar-refractivity contribution in [2.45, 2.75) is 44.2 Å². The van der Waals surface area contributed by atoms with Crippen molar-refractivity contribution in [3.05, 3.63) is 41.9 Å².